The van der Waals surface area contributed by atoms with E-state index < -0.39 is 0 Å². The van der Waals surface area contributed by atoms with Crippen LogP contribution in [0.1, 0.15) is 0 Å². The van der Waals surface area contributed by atoms with E-state index in [1.54, 1.807) is 59.6 Å². The van der Waals surface area contributed by atoms with Crippen molar-refractivity contribution in [1.82, 2.24) is 0 Å². The van der Waals surface area contributed by atoms with Gasteiger partial charge in [-0.2, -0.15) is 0 Å². The molecule has 0 aliphatic heterocycles. The predicted molar refractivity (Wildman–Crippen MR) is 91.6 cm³/mol. The van der Waals surface area contributed by atoms with E-state index >= 15 is 0 Å². The van der Waals surface area contributed by atoms with Gasteiger partial charge < -0.3 is 10.2 Å². The van der Waals surface area contributed by atoms with Crippen LogP contribution in [-0.4, -0.2) is 29.0 Å². The number of hydrogen-bond donors (Lipinski definition) is 2. The van der Waals surface area contributed by atoms with E-state index in [-0.39, 0.29) is 0 Å². The van der Waals surface area contributed by atoms with Gasteiger partial charge in [0, 0.05) is 4.90 Å². The Morgan fingerprint density at radius 2 is 1.25 bits per heavy atom. The minimum Gasteiger partial charge on any atom is -0.508 e. The molecule has 2 aromatic rings. The van der Waals surface area contributed by atoms with Crippen molar-refractivity contribution < 1.29 is 10.2 Å². The van der Waals surface area contributed by atoms with E-state index in [2.05, 4.69) is 0 Å². The lowest BCUT2D eigenvalue weighted by Crippen LogP contribution is -1.80. The van der Waals surface area contributed by atoms with Crippen molar-refractivity contribution in [2.75, 3.05) is 18.8 Å². The molecule has 108 valence electrons. The first-order chi connectivity index (χ1) is 9.62. The average Bonchev–Trinajstić information content (AvgIpc) is 2.49. The van der Waals surface area contributed by atoms with Crippen molar-refractivity contribution in [1.29, 1.82) is 0 Å². The molecule has 0 aliphatic carbocycles. The molecule has 0 saturated carbocycles. The van der Waals surface area contributed by atoms with Crippen molar-refractivity contribution >= 4 is 35.3 Å². The second kappa shape index (κ2) is 9.10. The van der Waals surface area contributed by atoms with Gasteiger partial charge in [-0.3, -0.25) is 0 Å². The van der Waals surface area contributed by atoms with Crippen LogP contribution in [0.2, 0.25) is 0 Å². The Labute approximate surface area is 133 Å². The second-order valence-electron chi connectivity index (χ2n) is 3.72. The first kappa shape index (κ1) is 17.1. The van der Waals surface area contributed by atoms with Gasteiger partial charge in [0.05, 0.1) is 9.79 Å². The summed E-state index contributed by atoms with van der Waals surface area (Å²) in [5.74, 6) is 0.736. The number of hydrogen-bond acceptors (Lipinski definition) is 5. The third-order valence-corrected chi connectivity index (χ3v) is 4.65. The molecule has 0 spiro atoms. The molecule has 5 heteroatoms. The lowest BCUT2D eigenvalue weighted by atomic mass is 10.3. The highest BCUT2D eigenvalue weighted by Gasteiger charge is 2.07. The highest BCUT2D eigenvalue weighted by Crippen LogP contribution is 2.38. The summed E-state index contributed by atoms with van der Waals surface area (Å²) < 4.78 is 0. The summed E-state index contributed by atoms with van der Waals surface area (Å²) in [5, 5.41) is 18.4. The Hall–Kier alpha value is -0.910. The zero-order valence-electron chi connectivity index (χ0n) is 11.7. The minimum atomic E-state index is 0.322. The monoisotopic (exact) mass is 326 g/mol. The Balaban J connectivity index is 0.000000240. The zero-order chi connectivity index (χ0) is 15.0. The molecule has 0 fully saturated rings. The summed E-state index contributed by atoms with van der Waals surface area (Å²) in [5.41, 5.74) is 0. The topological polar surface area (TPSA) is 40.5 Å². The van der Waals surface area contributed by atoms with E-state index in [0.717, 1.165) is 9.79 Å². The zero-order valence-corrected chi connectivity index (χ0v) is 14.1. The van der Waals surface area contributed by atoms with Gasteiger partial charge in [-0.25, -0.2) is 0 Å². The summed E-state index contributed by atoms with van der Waals surface area (Å²) in [6.45, 7) is 0. The molecule has 2 nitrogen and oxygen atoms in total. The Morgan fingerprint density at radius 3 is 1.55 bits per heavy atom. The van der Waals surface area contributed by atoms with E-state index in [9.17, 15) is 5.11 Å². The van der Waals surface area contributed by atoms with Gasteiger partial charge in [0.1, 0.15) is 11.5 Å². The maximum Gasteiger partial charge on any atom is 0.142 e. The summed E-state index contributed by atoms with van der Waals surface area (Å²) >= 11 is 4.85. The van der Waals surface area contributed by atoms with Gasteiger partial charge in [0.25, 0.3) is 0 Å². The van der Waals surface area contributed by atoms with E-state index in [0.29, 0.717) is 11.5 Å². The highest BCUT2D eigenvalue weighted by molar-refractivity contribution is 8.00. The van der Waals surface area contributed by atoms with Crippen molar-refractivity contribution in [3.8, 4) is 11.5 Å². The number of para-hydroxylation sites is 1. The van der Waals surface area contributed by atoms with Crippen LogP contribution < -0.4 is 0 Å². The van der Waals surface area contributed by atoms with Crippen LogP contribution in [0.4, 0.5) is 0 Å². The van der Waals surface area contributed by atoms with Gasteiger partial charge in [-0.15, -0.1) is 35.3 Å². The molecule has 0 aliphatic rings. The Bertz CT molecular complexity index is 505. The first-order valence-electron chi connectivity index (χ1n) is 5.85. The average molecular weight is 327 g/mol. The molecule has 2 rings (SSSR count). The number of phenols is 2. The number of thioether (sulfide) groups is 3. The van der Waals surface area contributed by atoms with Crippen LogP contribution in [0.25, 0.3) is 0 Å². The second-order valence-corrected chi connectivity index (χ2v) is 6.29. The molecular weight excluding hydrogens is 308 g/mol. The first-order valence-corrected chi connectivity index (χ1v) is 9.52. The van der Waals surface area contributed by atoms with Crippen molar-refractivity contribution in [2.45, 2.75) is 14.7 Å². The maximum absolute atomic E-state index is 9.76. The smallest absolute Gasteiger partial charge is 0.142 e. The van der Waals surface area contributed by atoms with E-state index in [1.807, 2.05) is 37.0 Å². The molecular formula is C15H18O2S3. The molecule has 0 radical (unpaired) electrons. The highest BCUT2D eigenvalue weighted by atomic mass is 32.2. The Kier molecular flexibility index (Phi) is 7.80. The molecule has 2 N–H and O–H groups in total. The summed E-state index contributed by atoms with van der Waals surface area (Å²) in [6, 6.07) is 12.7. The fourth-order valence-corrected chi connectivity index (χ4v) is 3.20. The molecule has 0 bridgehead atoms. The van der Waals surface area contributed by atoms with Crippen LogP contribution in [0.3, 0.4) is 0 Å². The number of rotatable bonds is 3. The largest absolute Gasteiger partial charge is 0.508 e. The molecule has 0 atom stereocenters. The maximum atomic E-state index is 9.76. The number of aromatic hydroxyl groups is 2. The molecule has 0 aromatic heterocycles. The van der Waals surface area contributed by atoms with Crippen LogP contribution in [0, 0.1) is 0 Å². The molecule has 0 heterocycles. The third-order valence-electron chi connectivity index (χ3n) is 2.45. The van der Waals surface area contributed by atoms with Crippen molar-refractivity contribution in [3.05, 3.63) is 42.5 Å². The molecule has 20 heavy (non-hydrogen) atoms. The summed E-state index contributed by atoms with van der Waals surface area (Å²) in [6.07, 6.45) is 5.99. The Morgan fingerprint density at radius 1 is 0.750 bits per heavy atom. The lowest BCUT2D eigenvalue weighted by molar-refractivity contribution is 0.448. The lowest BCUT2D eigenvalue weighted by Gasteiger charge is -2.08. The van der Waals surface area contributed by atoms with Crippen LogP contribution >= 0.6 is 35.3 Å². The van der Waals surface area contributed by atoms with Gasteiger partial charge in [0.2, 0.25) is 0 Å². The SMILES string of the molecule is CSc1cc(SC)c(O)c(SC)c1.Oc1ccccc1. The van der Waals surface area contributed by atoms with Crippen LogP contribution in [-0.2, 0) is 0 Å². The van der Waals surface area contributed by atoms with Gasteiger partial charge >= 0.3 is 0 Å². The molecule has 0 saturated heterocycles. The predicted octanol–water partition coefficient (Wildman–Crippen LogP) is 4.95. The molecule has 0 unspecified atom stereocenters. The van der Waals surface area contributed by atoms with Gasteiger partial charge in [0.15, 0.2) is 0 Å². The number of phenolic OH excluding ortho intramolecular Hbond substituents is 2. The van der Waals surface area contributed by atoms with Crippen LogP contribution in [0.15, 0.2) is 57.2 Å². The third kappa shape index (κ3) is 5.23. The fourth-order valence-electron chi connectivity index (χ4n) is 1.42. The van der Waals surface area contributed by atoms with Crippen molar-refractivity contribution in [3.63, 3.8) is 0 Å². The van der Waals surface area contributed by atoms with Gasteiger partial charge in [-0.05, 0) is 43.0 Å². The molecule has 2 aromatic carbocycles. The summed E-state index contributed by atoms with van der Waals surface area (Å²) in [4.78, 5) is 3.11. The molecule has 0 amide bonds. The van der Waals surface area contributed by atoms with Crippen molar-refractivity contribution in [2.24, 2.45) is 0 Å². The quantitative estimate of drug-likeness (QED) is 0.781. The van der Waals surface area contributed by atoms with Gasteiger partial charge in [-0.1, -0.05) is 18.2 Å². The standard InChI is InChI=1S/C9H12OS3.C6H6O/c1-11-6-4-7(12-2)9(10)8(5-6)13-3;7-6-4-2-1-3-5-6/h4-5,10H,1-3H3;1-5,7H. The fraction of sp³-hybridized carbons (Fsp3) is 0.200. The minimum absolute atomic E-state index is 0.322. The number of benzene rings is 2. The summed E-state index contributed by atoms with van der Waals surface area (Å²) in [7, 11) is 0. The normalized spacial score (nSPS) is 9.75. The van der Waals surface area contributed by atoms with Crippen LogP contribution in [0.5, 0.6) is 11.5 Å². The van der Waals surface area contributed by atoms with E-state index in [4.69, 9.17) is 5.11 Å². The van der Waals surface area contributed by atoms with E-state index in [1.165, 1.54) is 4.90 Å².